The molecule has 1 aromatic carbocycles. The van der Waals surface area contributed by atoms with E-state index in [2.05, 4.69) is 0 Å². The molecule has 0 fully saturated rings. The number of nitrogens with two attached hydrogens (primary N) is 1. The first-order chi connectivity index (χ1) is 10.0. The molecule has 9 heteroatoms. The maximum atomic E-state index is 11.9. The van der Waals surface area contributed by atoms with Crippen LogP contribution in [0.4, 0.5) is 11.4 Å². The van der Waals surface area contributed by atoms with Gasteiger partial charge in [0, 0.05) is 25.1 Å². The molecule has 2 amide bonds. The Morgan fingerprint density at radius 3 is 2.95 bits per heavy atom. The molecule has 3 N–H and O–H groups in total. The number of nitrogens with one attached hydrogen (secondary N) is 1. The summed E-state index contributed by atoms with van der Waals surface area (Å²) in [7, 11) is 0. The van der Waals surface area contributed by atoms with Crippen molar-refractivity contribution in [1.82, 2.24) is 5.43 Å². The molecule has 9 nitrogen and oxygen atoms in total. The van der Waals surface area contributed by atoms with Gasteiger partial charge in [-0.2, -0.15) is 0 Å². The second-order valence-electron chi connectivity index (χ2n) is 4.41. The highest BCUT2D eigenvalue weighted by atomic mass is 16.6. The van der Waals surface area contributed by atoms with Crippen LogP contribution in [-0.2, 0) is 9.59 Å². The first-order valence-electron chi connectivity index (χ1n) is 6.24. The number of hydrogen-bond donors (Lipinski definition) is 2. The van der Waals surface area contributed by atoms with E-state index in [1.165, 1.54) is 23.1 Å². The first-order valence-corrected chi connectivity index (χ1v) is 6.24. The predicted molar refractivity (Wildman–Crippen MR) is 72.5 cm³/mol. The highest BCUT2D eigenvalue weighted by Crippen LogP contribution is 2.35. The standard InChI is InChI=1S/C12H14N4O5/c13-14-11(17)2-1-5-15-9-6-8(16(19)20)3-4-10(9)21-7-12(15)18/h3-4,6H,1-2,5,7,13H2,(H,14,17). The van der Waals surface area contributed by atoms with E-state index in [0.717, 1.165) is 0 Å². The van der Waals surface area contributed by atoms with Crippen molar-refractivity contribution < 1.29 is 19.2 Å². The summed E-state index contributed by atoms with van der Waals surface area (Å²) in [6.07, 6.45) is 0.544. The molecule has 21 heavy (non-hydrogen) atoms. The van der Waals surface area contributed by atoms with E-state index in [1.807, 2.05) is 5.43 Å². The smallest absolute Gasteiger partial charge is 0.271 e. The fourth-order valence-corrected chi connectivity index (χ4v) is 2.02. The molecular weight excluding hydrogens is 280 g/mol. The van der Waals surface area contributed by atoms with Crippen molar-refractivity contribution in [2.45, 2.75) is 12.8 Å². The quantitative estimate of drug-likeness (QED) is 0.343. The maximum absolute atomic E-state index is 11.9. The number of carbonyl (C=O) groups excluding carboxylic acids is 2. The summed E-state index contributed by atoms with van der Waals surface area (Å²) in [6.45, 7) is 0.123. The molecule has 0 unspecified atom stereocenters. The number of hydrazine groups is 1. The van der Waals surface area contributed by atoms with Gasteiger partial charge < -0.3 is 9.64 Å². The summed E-state index contributed by atoms with van der Waals surface area (Å²) in [6, 6.07) is 4.06. The van der Waals surface area contributed by atoms with Gasteiger partial charge in [-0.1, -0.05) is 0 Å². The number of anilines is 1. The first kappa shape index (κ1) is 14.7. The summed E-state index contributed by atoms with van der Waals surface area (Å²) in [4.78, 5) is 34.6. The van der Waals surface area contributed by atoms with Gasteiger partial charge in [0.25, 0.3) is 11.6 Å². The number of nitrogens with zero attached hydrogens (tertiary/aromatic N) is 2. The van der Waals surface area contributed by atoms with E-state index < -0.39 is 4.92 Å². The average Bonchev–Trinajstić information content (AvgIpc) is 2.48. The van der Waals surface area contributed by atoms with Crippen molar-refractivity contribution in [3.05, 3.63) is 28.3 Å². The Morgan fingerprint density at radius 2 is 2.29 bits per heavy atom. The number of ether oxygens (including phenoxy) is 1. The van der Waals surface area contributed by atoms with Gasteiger partial charge in [-0.15, -0.1) is 0 Å². The van der Waals surface area contributed by atoms with Crippen molar-refractivity contribution in [2.24, 2.45) is 5.84 Å². The SMILES string of the molecule is NNC(=O)CCCN1C(=O)COc2ccc([N+](=O)[O-])cc21. The molecule has 1 aromatic rings. The molecule has 0 saturated heterocycles. The van der Waals surface area contributed by atoms with E-state index in [0.29, 0.717) is 17.9 Å². The van der Waals surface area contributed by atoms with Crippen LogP contribution in [0.1, 0.15) is 12.8 Å². The van der Waals surface area contributed by atoms with Crippen LogP contribution in [0.3, 0.4) is 0 Å². The summed E-state index contributed by atoms with van der Waals surface area (Å²) >= 11 is 0. The number of amides is 2. The van der Waals surface area contributed by atoms with Crippen LogP contribution in [0.5, 0.6) is 5.75 Å². The molecule has 2 rings (SSSR count). The molecule has 112 valence electrons. The lowest BCUT2D eigenvalue weighted by Crippen LogP contribution is -2.40. The fourth-order valence-electron chi connectivity index (χ4n) is 2.02. The van der Waals surface area contributed by atoms with E-state index in [1.54, 1.807) is 0 Å². The Labute approximate surface area is 119 Å². The van der Waals surface area contributed by atoms with Crippen molar-refractivity contribution in [3.63, 3.8) is 0 Å². The molecule has 0 aromatic heterocycles. The van der Waals surface area contributed by atoms with E-state index in [-0.39, 0.29) is 37.1 Å². The molecule has 0 saturated carbocycles. The Hall–Kier alpha value is -2.68. The molecular formula is C12H14N4O5. The normalized spacial score (nSPS) is 13.4. The minimum absolute atomic E-state index is 0.128. The van der Waals surface area contributed by atoms with Gasteiger partial charge in [0.2, 0.25) is 5.91 Å². The Kier molecular flexibility index (Phi) is 4.33. The number of hydrogen-bond acceptors (Lipinski definition) is 6. The van der Waals surface area contributed by atoms with Gasteiger partial charge >= 0.3 is 0 Å². The van der Waals surface area contributed by atoms with Crippen LogP contribution in [0.2, 0.25) is 0 Å². The largest absolute Gasteiger partial charge is 0.482 e. The molecule has 0 atom stereocenters. The Balaban J connectivity index is 2.18. The van der Waals surface area contributed by atoms with Crippen molar-refractivity contribution in [2.75, 3.05) is 18.1 Å². The van der Waals surface area contributed by atoms with Crippen LogP contribution in [-0.4, -0.2) is 29.9 Å². The van der Waals surface area contributed by atoms with Crippen LogP contribution >= 0.6 is 0 Å². The number of non-ortho nitro benzene ring substituents is 1. The lowest BCUT2D eigenvalue weighted by Gasteiger charge is -2.29. The molecule has 1 heterocycles. The Bertz CT molecular complexity index is 589. The molecule has 0 bridgehead atoms. The highest BCUT2D eigenvalue weighted by molar-refractivity contribution is 5.98. The van der Waals surface area contributed by atoms with Crippen LogP contribution in [0.25, 0.3) is 0 Å². The fraction of sp³-hybridized carbons (Fsp3) is 0.333. The molecule has 1 aliphatic rings. The van der Waals surface area contributed by atoms with E-state index in [4.69, 9.17) is 10.6 Å². The van der Waals surface area contributed by atoms with Crippen LogP contribution in [0, 0.1) is 10.1 Å². The minimum atomic E-state index is -0.542. The molecule has 0 aliphatic carbocycles. The highest BCUT2D eigenvalue weighted by Gasteiger charge is 2.27. The summed E-state index contributed by atoms with van der Waals surface area (Å²) in [5, 5.41) is 10.8. The zero-order valence-electron chi connectivity index (χ0n) is 11.1. The van der Waals surface area contributed by atoms with Gasteiger partial charge in [0.15, 0.2) is 6.61 Å². The second-order valence-corrected chi connectivity index (χ2v) is 4.41. The third kappa shape index (κ3) is 3.26. The predicted octanol–water partition coefficient (Wildman–Crippen LogP) is 0.0903. The number of nitro benzene ring substituents is 1. The number of fused-ring (bicyclic) bond motifs is 1. The zero-order valence-corrected chi connectivity index (χ0v) is 11.1. The third-order valence-electron chi connectivity index (χ3n) is 3.04. The lowest BCUT2D eigenvalue weighted by atomic mass is 10.2. The van der Waals surface area contributed by atoms with Crippen molar-refractivity contribution in [3.8, 4) is 5.75 Å². The lowest BCUT2D eigenvalue weighted by molar-refractivity contribution is -0.384. The van der Waals surface area contributed by atoms with Crippen LogP contribution in [0.15, 0.2) is 18.2 Å². The van der Waals surface area contributed by atoms with Gasteiger partial charge in [-0.05, 0) is 12.5 Å². The zero-order chi connectivity index (χ0) is 15.4. The van der Waals surface area contributed by atoms with Gasteiger partial charge in [-0.25, -0.2) is 5.84 Å². The summed E-state index contributed by atoms with van der Waals surface area (Å²) in [5.74, 6) is 4.73. The average molecular weight is 294 g/mol. The minimum Gasteiger partial charge on any atom is -0.482 e. The Morgan fingerprint density at radius 1 is 1.52 bits per heavy atom. The topological polar surface area (TPSA) is 128 Å². The van der Waals surface area contributed by atoms with Crippen molar-refractivity contribution in [1.29, 1.82) is 0 Å². The maximum Gasteiger partial charge on any atom is 0.271 e. The number of rotatable bonds is 5. The monoisotopic (exact) mass is 294 g/mol. The van der Waals surface area contributed by atoms with Gasteiger partial charge in [-0.3, -0.25) is 25.1 Å². The number of nitro groups is 1. The van der Waals surface area contributed by atoms with E-state index >= 15 is 0 Å². The van der Waals surface area contributed by atoms with Crippen LogP contribution < -0.4 is 20.9 Å². The summed E-state index contributed by atoms with van der Waals surface area (Å²) < 4.78 is 5.24. The van der Waals surface area contributed by atoms with E-state index in [9.17, 15) is 19.7 Å². The van der Waals surface area contributed by atoms with Gasteiger partial charge in [0.05, 0.1) is 10.6 Å². The summed E-state index contributed by atoms with van der Waals surface area (Å²) in [5.41, 5.74) is 2.21. The number of benzene rings is 1. The second kappa shape index (κ2) is 6.18. The van der Waals surface area contributed by atoms with Gasteiger partial charge in [0.1, 0.15) is 5.75 Å². The number of carbonyl (C=O) groups is 2. The molecule has 1 aliphatic heterocycles. The molecule has 0 radical (unpaired) electrons. The molecule has 0 spiro atoms. The van der Waals surface area contributed by atoms with Crippen molar-refractivity contribution >= 4 is 23.2 Å². The third-order valence-corrected chi connectivity index (χ3v) is 3.04.